The van der Waals surface area contributed by atoms with E-state index in [2.05, 4.69) is 35.0 Å². The second-order valence-electron chi connectivity index (χ2n) is 4.12. The highest BCUT2D eigenvalue weighted by Gasteiger charge is 2.19. The molecule has 0 aliphatic carbocycles. The van der Waals surface area contributed by atoms with Gasteiger partial charge in [-0.3, -0.25) is 0 Å². The maximum Gasteiger partial charge on any atom is 0.0851 e. The van der Waals surface area contributed by atoms with E-state index in [9.17, 15) is 5.11 Å². The predicted molar refractivity (Wildman–Crippen MR) is 63.4 cm³/mol. The summed E-state index contributed by atoms with van der Waals surface area (Å²) in [5.41, 5.74) is 1.47. The third-order valence-corrected chi connectivity index (χ3v) is 2.92. The van der Waals surface area contributed by atoms with E-state index in [0.717, 1.165) is 22.9 Å². The predicted octanol–water partition coefficient (Wildman–Crippen LogP) is 3.63. The largest absolute Gasteiger partial charge is 0.386 e. The van der Waals surface area contributed by atoms with Crippen molar-refractivity contribution >= 4 is 15.9 Å². The molecule has 1 aromatic carbocycles. The summed E-state index contributed by atoms with van der Waals surface area (Å²) in [6, 6.07) is 6.19. The summed E-state index contributed by atoms with van der Waals surface area (Å²) in [5, 5.41) is 9.93. The minimum atomic E-state index is -0.775. The average molecular weight is 257 g/mol. The minimum absolute atomic E-state index is 0.775. The van der Waals surface area contributed by atoms with E-state index in [1.165, 1.54) is 5.56 Å². The Morgan fingerprint density at radius 3 is 2.50 bits per heavy atom. The van der Waals surface area contributed by atoms with Gasteiger partial charge in [0.2, 0.25) is 0 Å². The monoisotopic (exact) mass is 256 g/mol. The molecule has 0 aliphatic heterocycles. The van der Waals surface area contributed by atoms with Gasteiger partial charge in [-0.15, -0.1) is 0 Å². The van der Waals surface area contributed by atoms with Gasteiger partial charge in [-0.25, -0.2) is 0 Å². The van der Waals surface area contributed by atoms with Gasteiger partial charge in [-0.05, 0) is 37.5 Å². The molecule has 0 atom stereocenters. The second kappa shape index (κ2) is 4.45. The highest BCUT2D eigenvalue weighted by atomic mass is 79.9. The summed E-state index contributed by atoms with van der Waals surface area (Å²) in [7, 11) is 0. The third kappa shape index (κ3) is 2.82. The minimum Gasteiger partial charge on any atom is -0.386 e. The molecule has 0 saturated heterocycles. The first-order valence-corrected chi connectivity index (χ1v) is 5.75. The van der Waals surface area contributed by atoms with Crippen molar-refractivity contribution in [2.75, 3.05) is 0 Å². The third-order valence-electron chi connectivity index (χ3n) is 2.23. The molecule has 0 aliphatic rings. The average Bonchev–Trinajstić information content (AvgIpc) is 2.07. The molecule has 2 heteroatoms. The molecule has 0 aromatic heterocycles. The number of aryl methyl sites for hydroxylation is 1. The SMILES string of the molecule is CCCc1ccc(Br)c(C(C)(C)O)c1. The van der Waals surface area contributed by atoms with Crippen LogP contribution in [0, 0.1) is 0 Å². The van der Waals surface area contributed by atoms with Crippen LogP contribution in [0.1, 0.15) is 38.3 Å². The Morgan fingerprint density at radius 2 is 2.00 bits per heavy atom. The molecule has 0 fully saturated rings. The number of rotatable bonds is 3. The fourth-order valence-electron chi connectivity index (χ4n) is 1.49. The van der Waals surface area contributed by atoms with Crippen LogP contribution >= 0.6 is 15.9 Å². The first-order valence-electron chi connectivity index (χ1n) is 4.96. The zero-order valence-electron chi connectivity index (χ0n) is 8.97. The lowest BCUT2D eigenvalue weighted by atomic mass is 9.95. The van der Waals surface area contributed by atoms with Crippen molar-refractivity contribution in [3.8, 4) is 0 Å². The number of hydrogen-bond donors (Lipinski definition) is 1. The Hall–Kier alpha value is -0.340. The molecule has 1 aromatic rings. The summed E-state index contributed by atoms with van der Waals surface area (Å²) in [5.74, 6) is 0. The van der Waals surface area contributed by atoms with Crippen LogP contribution < -0.4 is 0 Å². The molecule has 0 bridgehead atoms. The van der Waals surface area contributed by atoms with E-state index in [-0.39, 0.29) is 0 Å². The van der Waals surface area contributed by atoms with Gasteiger partial charge in [0.25, 0.3) is 0 Å². The van der Waals surface area contributed by atoms with Crippen LogP contribution in [0.5, 0.6) is 0 Å². The Labute approximate surface area is 94.3 Å². The van der Waals surface area contributed by atoms with E-state index in [1.807, 2.05) is 19.9 Å². The summed E-state index contributed by atoms with van der Waals surface area (Å²) in [4.78, 5) is 0. The molecule has 1 nitrogen and oxygen atoms in total. The Morgan fingerprint density at radius 1 is 1.36 bits per heavy atom. The van der Waals surface area contributed by atoms with E-state index < -0.39 is 5.60 Å². The molecule has 0 saturated carbocycles. The molecular weight excluding hydrogens is 240 g/mol. The van der Waals surface area contributed by atoms with Crippen LogP contribution in [0.3, 0.4) is 0 Å². The molecule has 78 valence electrons. The molecule has 0 heterocycles. The van der Waals surface area contributed by atoms with Crippen molar-refractivity contribution in [2.45, 2.75) is 39.2 Å². The quantitative estimate of drug-likeness (QED) is 0.876. The molecule has 0 spiro atoms. The molecular formula is C12H17BrO. The van der Waals surface area contributed by atoms with Gasteiger partial charge in [0.05, 0.1) is 5.60 Å². The molecule has 0 radical (unpaired) electrons. The second-order valence-corrected chi connectivity index (χ2v) is 4.98. The van der Waals surface area contributed by atoms with Crippen molar-refractivity contribution in [3.63, 3.8) is 0 Å². The lowest BCUT2D eigenvalue weighted by molar-refractivity contribution is 0.0777. The number of aliphatic hydroxyl groups is 1. The topological polar surface area (TPSA) is 20.2 Å². The first kappa shape index (κ1) is 11.7. The van der Waals surface area contributed by atoms with Crippen LogP contribution in [-0.2, 0) is 12.0 Å². The van der Waals surface area contributed by atoms with Gasteiger partial charge in [0.1, 0.15) is 0 Å². The fourth-order valence-corrected chi connectivity index (χ4v) is 2.22. The molecule has 0 amide bonds. The van der Waals surface area contributed by atoms with E-state index in [4.69, 9.17) is 0 Å². The zero-order valence-corrected chi connectivity index (χ0v) is 10.6. The number of hydrogen-bond acceptors (Lipinski definition) is 1. The van der Waals surface area contributed by atoms with Gasteiger partial charge in [0, 0.05) is 4.47 Å². The van der Waals surface area contributed by atoms with E-state index in [0.29, 0.717) is 0 Å². The van der Waals surface area contributed by atoms with Gasteiger partial charge in [-0.2, -0.15) is 0 Å². The van der Waals surface area contributed by atoms with Crippen molar-refractivity contribution < 1.29 is 5.11 Å². The molecule has 1 N–H and O–H groups in total. The van der Waals surface area contributed by atoms with Crippen molar-refractivity contribution in [2.24, 2.45) is 0 Å². The summed E-state index contributed by atoms with van der Waals surface area (Å²) >= 11 is 3.46. The standard InChI is InChI=1S/C12H17BrO/c1-4-5-9-6-7-11(13)10(8-9)12(2,3)14/h6-8,14H,4-5H2,1-3H3. The smallest absolute Gasteiger partial charge is 0.0851 e. The van der Waals surface area contributed by atoms with Crippen LogP contribution in [0.25, 0.3) is 0 Å². The Bertz CT molecular complexity index is 313. The maximum atomic E-state index is 9.93. The molecule has 0 unspecified atom stereocenters. The van der Waals surface area contributed by atoms with Crippen molar-refractivity contribution in [1.29, 1.82) is 0 Å². The van der Waals surface area contributed by atoms with Gasteiger partial charge in [-0.1, -0.05) is 41.4 Å². The molecule has 14 heavy (non-hydrogen) atoms. The van der Waals surface area contributed by atoms with Crippen LogP contribution in [0.2, 0.25) is 0 Å². The van der Waals surface area contributed by atoms with Gasteiger partial charge in [0.15, 0.2) is 0 Å². The highest BCUT2D eigenvalue weighted by molar-refractivity contribution is 9.10. The summed E-state index contributed by atoms with van der Waals surface area (Å²) in [6.07, 6.45) is 2.20. The van der Waals surface area contributed by atoms with E-state index in [1.54, 1.807) is 0 Å². The lowest BCUT2D eigenvalue weighted by Gasteiger charge is -2.20. The summed E-state index contributed by atoms with van der Waals surface area (Å²) in [6.45, 7) is 5.78. The Kier molecular flexibility index (Phi) is 3.73. The van der Waals surface area contributed by atoms with Crippen LogP contribution in [0.4, 0.5) is 0 Å². The van der Waals surface area contributed by atoms with Crippen molar-refractivity contribution in [3.05, 3.63) is 33.8 Å². The Balaban J connectivity index is 3.09. The number of benzene rings is 1. The normalized spacial score (nSPS) is 11.8. The zero-order chi connectivity index (χ0) is 10.8. The maximum absolute atomic E-state index is 9.93. The van der Waals surface area contributed by atoms with Gasteiger partial charge >= 0.3 is 0 Å². The molecule has 1 rings (SSSR count). The van der Waals surface area contributed by atoms with Crippen LogP contribution in [-0.4, -0.2) is 5.11 Å². The first-order chi connectivity index (χ1) is 6.45. The van der Waals surface area contributed by atoms with Crippen LogP contribution in [0.15, 0.2) is 22.7 Å². The highest BCUT2D eigenvalue weighted by Crippen LogP contribution is 2.29. The lowest BCUT2D eigenvalue weighted by Crippen LogP contribution is -2.16. The van der Waals surface area contributed by atoms with E-state index >= 15 is 0 Å². The van der Waals surface area contributed by atoms with Gasteiger partial charge < -0.3 is 5.11 Å². The summed E-state index contributed by atoms with van der Waals surface area (Å²) < 4.78 is 0.977. The van der Waals surface area contributed by atoms with Crippen molar-refractivity contribution in [1.82, 2.24) is 0 Å². The fraction of sp³-hybridized carbons (Fsp3) is 0.500. The number of halogens is 1.